The van der Waals surface area contributed by atoms with Crippen molar-refractivity contribution in [1.82, 2.24) is 4.90 Å². The van der Waals surface area contributed by atoms with Gasteiger partial charge in [0.1, 0.15) is 0 Å². The first-order chi connectivity index (χ1) is 13.1. The number of amidine groups is 1. The number of aryl methyl sites for hydroxylation is 1. The Kier molecular flexibility index (Phi) is 5.26. The Morgan fingerprint density at radius 2 is 2.00 bits per heavy atom. The van der Waals surface area contributed by atoms with Crippen LogP contribution in [0.5, 0.6) is 0 Å². The molecule has 3 aliphatic rings. The van der Waals surface area contributed by atoms with Crippen molar-refractivity contribution >= 4 is 28.7 Å². The summed E-state index contributed by atoms with van der Waals surface area (Å²) >= 11 is 1.93. The number of nitro groups is 1. The molecule has 0 unspecified atom stereocenters. The fraction of sp³-hybridized carbons (Fsp3) is 0.571. The van der Waals surface area contributed by atoms with E-state index < -0.39 is 4.92 Å². The third-order valence-electron chi connectivity index (χ3n) is 6.24. The molecule has 1 aromatic rings. The Balaban J connectivity index is 1.63. The number of hydrogen-bond acceptors (Lipinski definition) is 4. The maximum absolute atomic E-state index is 10.5. The highest BCUT2D eigenvalue weighted by molar-refractivity contribution is 8.14. The Hall–Kier alpha value is -1.82. The third kappa shape index (κ3) is 3.77. The molecule has 0 amide bonds. The van der Waals surface area contributed by atoms with E-state index in [1.165, 1.54) is 68.4 Å². The summed E-state index contributed by atoms with van der Waals surface area (Å²) in [5.41, 5.74) is 3.22. The minimum Gasteiger partial charge on any atom is -0.342 e. The van der Waals surface area contributed by atoms with Crippen LogP contribution in [0, 0.1) is 17.0 Å². The van der Waals surface area contributed by atoms with Crippen LogP contribution < -0.4 is 0 Å². The van der Waals surface area contributed by atoms with Gasteiger partial charge in [-0.3, -0.25) is 10.1 Å². The zero-order valence-electron chi connectivity index (χ0n) is 15.9. The molecule has 2 aliphatic carbocycles. The van der Waals surface area contributed by atoms with Gasteiger partial charge in [-0.2, -0.15) is 0 Å². The monoisotopic (exact) mass is 385 g/mol. The molecule has 1 aliphatic heterocycles. The summed E-state index contributed by atoms with van der Waals surface area (Å²) in [6.45, 7) is 2.04. The second kappa shape index (κ2) is 7.66. The largest absolute Gasteiger partial charge is 0.342 e. The maximum Gasteiger partial charge on any atom is 0.235 e. The quantitative estimate of drug-likeness (QED) is 0.505. The molecule has 1 saturated heterocycles. The molecule has 0 radical (unpaired) electrons. The van der Waals surface area contributed by atoms with Gasteiger partial charge in [-0.05, 0) is 55.9 Å². The van der Waals surface area contributed by atoms with E-state index in [4.69, 9.17) is 4.99 Å². The fourth-order valence-electron chi connectivity index (χ4n) is 4.91. The van der Waals surface area contributed by atoms with Crippen LogP contribution in [0.2, 0.25) is 0 Å². The van der Waals surface area contributed by atoms with Gasteiger partial charge < -0.3 is 4.90 Å². The zero-order valence-corrected chi connectivity index (χ0v) is 16.7. The predicted molar refractivity (Wildman–Crippen MR) is 112 cm³/mol. The minimum atomic E-state index is -0.431. The van der Waals surface area contributed by atoms with Crippen molar-refractivity contribution in [1.29, 1.82) is 0 Å². The summed E-state index contributed by atoms with van der Waals surface area (Å²) in [7, 11) is 0. The van der Waals surface area contributed by atoms with Crippen molar-refractivity contribution in [2.45, 2.75) is 69.9 Å². The molecule has 6 heteroatoms. The molecule has 1 heterocycles. The lowest BCUT2D eigenvalue weighted by atomic mass is 9.95. The van der Waals surface area contributed by atoms with E-state index in [-0.39, 0.29) is 0 Å². The summed E-state index contributed by atoms with van der Waals surface area (Å²) in [6, 6.07) is 6.54. The third-order valence-corrected chi connectivity index (χ3v) is 7.46. The van der Waals surface area contributed by atoms with Gasteiger partial charge in [0.15, 0.2) is 5.17 Å². The van der Waals surface area contributed by atoms with Gasteiger partial charge in [0.2, 0.25) is 6.20 Å². The molecule has 0 N–H and O–H groups in total. The SMILES string of the molecule is Cc1cc(/C=C/[N+](=O)[O-])ccc1N=C1SCC2(CCCC2)N1C1CCCC1. The second-order valence-electron chi connectivity index (χ2n) is 8.07. The number of nitrogens with zero attached hydrogens (tertiary/aromatic N) is 3. The first kappa shape index (κ1) is 18.5. The van der Waals surface area contributed by atoms with Crippen molar-refractivity contribution < 1.29 is 4.92 Å². The van der Waals surface area contributed by atoms with Gasteiger partial charge in [0.05, 0.1) is 16.1 Å². The highest BCUT2D eigenvalue weighted by atomic mass is 32.2. The van der Waals surface area contributed by atoms with Crippen LogP contribution in [0.15, 0.2) is 29.4 Å². The van der Waals surface area contributed by atoms with Crippen LogP contribution in [0.1, 0.15) is 62.5 Å². The van der Waals surface area contributed by atoms with Crippen LogP contribution in [-0.2, 0) is 0 Å². The molecule has 144 valence electrons. The molecule has 0 atom stereocenters. The van der Waals surface area contributed by atoms with Gasteiger partial charge in [0, 0.05) is 17.9 Å². The molecule has 5 nitrogen and oxygen atoms in total. The van der Waals surface area contributed by atoms with E-state index in [1.807, 2.05) is 36.9 Å². The van der Waals surface area contributed by atoms with Crippen molar-refractivity contribution in [3.63, 3.8) is 0 Å². The lowest BCUT2D eigenvalue weighted by Crippen LogP contribution is -2.50. The Morgan fingerprint density at radius 3 is 2.67 bits per heavy atom. The van der Waals surface area contributed by atoms with Crippen LogP contribution in [0.4, 0.5) is 5.69 Å². The summed E-state index contributed by atoms with van der Waals surface area (Å²) in [5, 5.41) is 11.7. The molecule has 2 saturated carbocycles. The van der Waals surface area contributed by atoms with Gasteiger partial charge >= 0.3 is 0 Å². The molecule has 4 rings (SSSR count). The topological polar surface area (TPSA) is 58.7 Å². The molecular formula is C21H27N3O2S. The van der Waals surface area contributed by atoms with Gasteiger partial charge in [0.25, 0.3) is 0 Å². The van der Waals surface area contributed by atoms with Gasteiger partial charge in [-0.25, -0.2) is 4.99 Å². The average molecular weight is 386 g/mol. The van der Waals surface area contributed by atoms with Crippen LogP contribution in [0.3, 0.4) is 0 Å². The van der Waals surface area contributed by atoms with E-state index in [2.05, 4.69) is 4.90 Å². The van der Waals surface area contributed by atoms with Crippen molar-refractivity contribution in [3.8, 4) is 0 Å². The van der Waals surface area contributed by atoms with Crippen LogP contribution in [0.25, 0.3) is 6.08 Å². The van der Waals surface area contributed by atoms with E-state index in [9.17, 15) is 10.1 Å². The molecule has 0 bridgehead atoms. The molecule has 1 spiro atoms. The lowest BCUT2D eigenvalue weighted by molar-refractivity contribution is -0.400. The Bertz CT molecular complexity index is 778. The van der Waals surface area contributed by atoms with E-state index in [1.54, 1.807) is 0 Å². The first-order valence-corrected chi connectivity index (χ1v) is 11.0. The van der Waals surface area contributed by atoms with Crippen molar-refractivity contribution in [3.05, 3.63) is 45.6 Å². The van der Waals surface area contributed by atoms with E-state index in [0.29, 0.717) is 11.6 Å². The summed E-state index contributed by atoms with van der Waals surface area (Å²) < 4.78 is 0. The Morgan fingerprint density at radius 1 is 1.26 bits per heavy atom. The average Bonchev–Trinajstić information content (AvgIpc) is 3.38. The number of hydrogen-bond donors (Lipinski definition) is 0. The van der Waals surface area contributed by atoms with E-state index >= 15 is 0 Å². The smallest absolute Gasteiger partial charge is 0.235 e. The second-order valence-corrected chi connectivity index (χ2v) is 9.01. The molecular weight excluding hydrogens is 358 g/mol. The van der Waals surface area contributed by atoms with Gasteiger partial charge in [-0.1, -0.05) is 43.5 Å². The van der Waals surface area contributed by atoms with Crippen LogP contribution in [-0.4, -0.2) is 32.3 Å². The standard InChI is InChI=1S/C21H27N3O2S/c1-16-14-17(10-13-23(25)26)8-9-19(16)22-20-24(18-6-2-3-7-18)21(15-27-20)11-4-5-12-21/h8-10,13-14,18H,2-7,11-12,15H2,1H3/b13-10+,22-20?. The predicted octanol–water partition coefficient (Wildman–Crippen LogP) is 5.53. The molecule has 0 aromatic heterocycles. The van der Waals surface area contributed by atoms with Crippen LogP contribution >= 0.6 is 11.8 Å². The minimum absolute atomic E-state index is 0.334. The normalized spacial score (nSPS) is 24.0. The first-order valence-electron chi connectivity index (χ1n) is 10.0. The number of benzene rings is 1. The van der Waals surface area contributed by atoms with Crippen molar-refractivity contribution in [2.24, 2.45) is 4.99 Å². The molecule has 3 fully saturated rings. The highest BCUT2D eigenvalue weighted by Crippen LogP contribution is 2.48. The maximum atomic E-state index is 10.5. The number of aliphatic imine (C=N–C) groups is 1. The van der Waals surface area contributed by atoms with E-state index in [0.717, 1.165) is 23.0 Å². The fourth-order valence-corrected chi connectivity index (χ4v) is 6.38. The van der Waals surface area contributed by atoms with Gasteiger partial charge in [-0.15, -0.1) is 0 Å². The Labute approximate surface area is 165 Å². The number of thioether (sulfide) groups is 1. The summed E-state index contributed by atoms with van der Waals surface area (Å²) in [6.07, 6.45) is 13.1. The summed E-state index contributed by atoms with van der Waals surface area (Å²) in [5.74, 6) is 1.17. The van der Waals surface area contributed by atoms with Crippen molar-refractivity contribution in [2.75, 3.05) is 5.75 Å². The zero-order chi connectivity index (χ0) is 18.9. The molecule has 27 heavy (non-hydrogen) atoms. The number of rotatable bonds is 4. The summed E-state index contributed by atoms with van der Waals surface area (Å²) in [4.78, 5) is 17.9. The molecule has 1 aromatic carbocycles. The lowest BCUT2D eigenvalue weighted by Gasteiger charge is -2.40. The highest BCUT2D eigenvalue weighted by Gasteiger charge is 2.49.